The van der Waals surface area contributed by atoms with Crippen LogP contribution in [-0.2, 0) is 19.7 Å². The largest absolute Gasteiger partial charge is 0.481 e. The summed E-state index contributed by atoms with van der Waals surface area (Å²) in [5.41, 5.74) is 1.16. The van der Waals surface area contributed by atoms with Crippen molar-refractivity contribution in [2.75, 3.05) is 19.8 Å². The summed E-state index contributed by atoms with van der Waals surface area (Å²) in [4.78, 5) is 23.6. The Balaban J connectivity index is 1.64. The minimum Gasteiger partial charge on any atom is -0.481 e. The Morgan fingerprint density at radius 3 is 2.42 bits per heavy atom. The lowest BCUT2D eigenvalue weighted by molar-refractivity contribution is -0.141. The summed E-state index contributed by atoms with van der Waals surface area (Å²) in [6, 6.07) is 10.3. The summed E-state index contributed by atoms with van der Waals surface area (Å²) in [5, 5.41) is 12.2. The lowest BCUT2D eigenvalue weighted by atomic mass is 9.74. The number of nitrogens with one attached hydrogen (secondary N) is 1. The van der Waals surface area contributed by atoms with Crippen LogP contribution in [0, 0.1) is 11.8 Å². The molecule has 0 aromatic heterocycles. The molecule has 3 rings (SSSR count). The van der Waals surface area contributed by atoms with Gasteiger partial charge in [-0.2, -0.15) is 0 Å². The molecule has 1 amide bonds. The van der Waals surface area contributed by atoms with E-state index >= 15 is 0 Å². The molecule has 2 atom stereocenters. The van der Waals surface area contributed by atoms with Crippen LogP contribution in [0.15, 0.2) is 30.3 Å². The minimum absolute atomic E-state index is 0.000507. The molecular formula is C19H25NO4. The fourth-order valence-corrected chi connectivity index (χ4v) is 3.97. The van der Waals surface area contributed by atoms with E-state index in [9.17, 15) is 9.59 Å². The number of carboxylic acids is 1. The van der Waals surface area contributed by atoms with E-state index < -0.39 is 5.97 Å². The maximum absolute atomic E-state index is 12.5. The molecule has 2 fully saturated rings. The number of benzene rings is 1. The van der Waals surface area contributed by atoms with Crippen LogP contribution in [0.3, 0.4) is 0 Å². The molecule has 0 radical (unpaired) electrons. The second-order valence-corrected chi connectivity index (χ2v) is 7.02. The van der Waals surface area contributed by atoms with E-state index in [0.29, 0.717) is 39.0 Å². The zero-order valence-electron chi connectivity index (χ0n) is 13.9. The van der Waals surface area contributed by atoms with Crippen molar-refractivity contribution in [2.24, 2.45) is 11.8 Å². The second kappa shape index (κ2) is 7.34. The number of carbonyl (C=O) groups excluding carboxylic acids is 1. The zero-order valence-corrected chi connectivity index (χ0v) is 13.9. The van der Waals surface area contributed by atoms with Crippen LogP contribution in [0.5, 0.6) is 0 Å². The molecule has 5 heteroatoms. The van der Waals surface area contributed by atoms with E-state index in [4.69, 9.17) is 9.84 Å². The normalized spacial score (nSPS) is 26.0. The van der Waals surface area contributed by atoms with Crippen molar-refractivity contribution in [1.29, 1.82) is 0 Å². The summed E-state index contributed by atoms with van der Waals surface area (Å²) >= 11 is 0. The van der Waals surface area contributed by atoms with Gasteiger partial charge in [-0.15, -0.1) is 0 Å². The van der Waals surface area contributed by atoms with Gasteiger partial charge in [0, 0.05) is 31.1 Å². The van der Waals surface area contributed by atoms with Crippen molar-refractivity contribution in [3.05, 3.63) is 35.9 Å². The number of carboxylic acid groups (broad SMARTS) is 1. The van der Waals surface area contributed by atoms with Crippen molar-refractivity contribution >= 4 is 11.9 Å². The van der Waals surface area contributed by atoms with Crippen LogP contribution < -0.4 is 5.32 Å². The van der Waals surface area contributed by atoms with Gasteiger partial charge in [0.15, 0.2) is 0 Å². The van der Waals surface area contributed by atoms with Crippen LogP contribution >= 0.6 is 0 Å². The number of hydrogen-bond donors (Lipinski definition) is 2. The first-order valence-corrected chi connectivity index (χ1v) is 8.74. The molecule has 2 N–H and O–H groups in total. The number of hydrogen-bond acceptors (Lipinski definition) is 3. The highest BCUT2D eigenvalue weighted by molar-refractivity contribution is 5.81. The van der Waals surface area contributed by atoms with Gasteiger partial charge in [-0.05, 0) is 37.7 Å². The van der Waals surface area contributed by atoms with Crippen LogP contribution in [0.1, 0.15) is 37.7 Å². The Morgan fingerprint density at radius 1 is 1.12 bits per heavy atom. The Hall–Kier alpha value is -1.88. The van der Waals surface area contributed by atoms with Gasteiger partial charge in [0.05, 0.1) is 5.92 Å². The lowest BCUT2D eigenvalue weighted by Gasteiger charge is -2.38. The second-order valence-electron chi connectivity index (χ2n) is 7.02. The molecule has 1 aromatic rings. The lowest BCUT2D eigenvalue weighted by Crippen LogP contribution is -2.45. The first-order valence-electron chi connectivity index (χ1n) is 8.74. The highest BCUT2D eigenvalue weighted by Crippen LogP contribution is 2.35. The molecule has 0 bridgehead atoms. The molecule has 24 heavy (non-hydrogen) atoms. The molecule has 1 aliphatic heterocycles. The SMILES string of the molecule is O=C(O)[C@@H]1CC[C@H](C(=O)NCC2(c3ccccc3)CCOCC2)C1. The number of rotatable bonds is 5. The summed E-state index contributed by atoms with van der Waals surface area (Å²) in [6.45, 7) is 2.00. The van der Waals surface area contributed by atoms with Crippen molar-refractivity contribution < 1.29 is 19.4 Å². The van der Waals surface area contributed by atoms with Gasteiger partial charge in [-0.3, -0.25) is 9.59 Å². The average Bonchev–Trinajstić information content (AvgIpc) is 3.12. The minimum atomic E-state index is -0.782. The summed E-state index contributed by atoms with van der Waals surface area (Å²) in [6.07, 6.45) is 3.51. The molecule has 1 aromatic carbocycles. The van der Waals surface area contributed by atoms with Crippen LogP contribution in [0.2, 0.25) is 0 Å². The third kappa shape index (κ3) is 3.61. The highest BCUT2D eigenvalue weighted by Gasteiger charge is 2.37. The smallest absolute Gasteiger partial charge is 0.306 e. The maximum Gasteiger partial charge on any atom is 0.306 e. The first-order chi connectivity index (χ1) is 11.6. The number of ether oxygens (including phenoxy) is 1. The van der Waals surface area contributed by atoms with E-state index in [2.05, 4.69) is 17.4 Å². The van der Waals surface area contributed by atoms with Crippen LogP contribution in [-0.4, -0.2) is 36.7 Å². The highest BCUT2D eigenvalue weighted by atomic mass is 16.5. The topological polar surface area (TPSA) is 75.6 Å². The van der Waals surface area contributed by atoms with Gasteiger partial charge < -0.3 is 15.2 Å². The fourth-order valence-electron chi connectivity index (χ4n) is 3.97. The number of aliphatic carboxylic acids is 1. The third-order valence-electron chi connectivity index (χ3n) is 5.59. The van der Waals surface area contributed by atoms with Crippen LogP contribution in [0.4, 0.5) is 0 Å². The molecule has 1 saturated heterocycles. The fraction of sp³-hybridized carbons (Fsp3) is 0.579. The molecule has 0 unspecified atom stereocenters. The number of amides is 1. The van der Waals surface area contributed by atoms with Crippen molar-refractivity contribution in [3.63, 3.8) is 0 Å². The molecule has 130 valence electrons. The molecular weight excluding hydrogens is 306 g/mol. The quantitative estimate of drug-likeness (QED) is 0.868. The van der Waals surface area contributed by atoms with Gasteiger partial charge in [-0.1, -0.05) is 30.3 Å². The van der Waals surface area contributed by atoms with Crippen molar-refractivity contribution in [2.45, 2.75) is 37.5 Å². The van der Waals surface area contributed by atoms with Gasteiger partial charge in [0.1, 0.15) is 0 Å². The van der Waals surface area contributed by atoms with E-state index in [1.54, 1.807) is 0 Å². The standard InChI is InChI=1S/C19H25NO4/c21-17(14-6-7-15(12-14)18(22)23)20-13-19(8-10-24-11-9-19)16-4-2-1-3-5-16/h1-5,14-15H,6-13H2,(H,20,21)(H,22,23)/t14-,15+/m0/s1. The van der Waals surface area contributed by atoms with Gasteiger partial charge >= 0.3 is 5.97 Å². The van der Waals surface area contributed by atoms with E-state index in [1.807, 2.05) is 18.2 Å². The van der Waals surface area contributed by atoms with E-state index in [0.717, 1.165) is 12.8 Å². The molecule has 0 spiro atoms. The zero-order chi connectivity index (χ0) is 17.0. The monoisotopic (exact) mass is 331 g/mol. The molecule has 1 aliphatic carbocycles. The predicted octanol–water partition coefficient (Wildman–Crippen LogP) is 2.35. The Morgan fingerprint density at radius 2 is 1.79 bits per heavy atom. The summed E-state index contributed by atoms with van der Waals surface area (Å²) in [7, 11) is 0. The Bertz CT molecular complexity index is 580. The van der Waals surface area contributed by atoms with Gasteiger partial charge in [0.25, 0.3) is 0 Å². The summed E-state index contributed by atoms with van der Waals surface area (Å²) < 4.78 is 5.52. The molecule has 1 heterocycles. The molecule has 2 aliphatic rings. The molecule has 1 saturated carbocycles. The maximum atomic E-state index is 12.5. The van der Waals surface area contributed by atoms with Gasteiger partial charge in [-0.25, -0.2) is 0 Å². The van der Waals surface area contributed by atoms with Crippen LogP contribution in [0.25, 0.3) is 0 Å². The van der Waals surface area contributed by atoms with Gasteiger partial charge in [0.2, 0.25) is 5.91 Å². The van der Waals surface area contributed by atoms with E-state index in [-0.39, 0.29) is 23.2 Å². The Labute approximate surface area is 142 Å². The van der Waals surface area contributed by atoms with Crippen molar-refractivity contribution in [3.8, 4) is 0 Å². The average molecular weight is 331 g/mol. The summed E-state index contributed by atoms with van der Waals surface area (Å²) in [5.74, 6) is -1.32. The Kier molecular flexibility index (Phi) is 5.19. The first kappa shape index (κ1) is 17.0. The van der Waals surface area contributed by atoms with E-state index in [1.165, 1.54) is 5.56 Å². The van der Waals surface area contributed by atoms with Crippen molar-refractivity contribution in [1.82, 2.24) is 5.32 Å². The third-order valence-corrected chi connectivity index (χ3v) is 5.59. The molecule has 5 nitrogen and oxygen atoms in total. The predicted molar refractivity (Wildman–Crippen MR) is 89.6 cm³/mol. The number of carbonyl (C=O) groups is 2.